The molecule has 0 spiro atoms. The van der Waals surface area contributed by atoms with E-state index in [9.17, 15) is 0 Å². The Bertz CT molecular complexity index is 130. The molecule has 0 saturated heterocycles. The van der Waals surface area contributed by atoms with E-state index in [0.29, 0.717) is 5.57 Å². The Labute approximate surface area is 51.1 Å². The van der Waals surface area contributed by atoms with Crippen molar-refractivity contribution in [3.05, 3.63) is 23.2 Å². The van der Waals surface area contributed by atoms with Crippen LogP contribution < -0.4 is 0 Å². The van der Waals surface area contributed by atoms with Gasteiger partial charge in [-0.05, 0) is 4.99 Å². The summed E-state index contributed by atoms with van der Waals surface area (Å²) in [5.41, 5.74) is 0.542. The van der Waals surface area contributed by atoms with Crippen LogP contribution >= 0.6 is 15.9 Å². The lowest BCUT2D eigenvalue weighted by Gasteiger charge is -1.73. The summed E-state index contributed by atoms with van der Waals surface area (Å²) in [5, 5.41) is 8.11. The maximum atomic E-state index is 8.11. The molecule has 0 N–H and O–H groups in total. The highest BCUT2D eigenvalue weighted by molar-refractivity contribution is 9.11. The van der Waals surface area contributed by atoms with Crippen LogP contribution in [-0.2, 0) is 0 Å². The van der Waals surface area contributed by atoms with Gasteiger partial charge in [-0.3, -0.25) is 0 Å². The van der Waals surface area contributed by atoms with Gasteiger partial charge in [0.25, 0.3) is 0 Å². The lowest BCUT2D eigenvalue weighted by Crippen LogP contribution is -1.60. The number of allylic oxidation sites excluding steroid dienone is 2. The maximum Gasteiger partial charge on any atom is 0.0996 e. The minimum Gasteiger partial charge on any atom is -0.192 e. The van der Waals surface area contributed by atoms with E-state index in [-0.39, 0.29) is 0 Å². The van der Waals surface area contributed by atoms with Crippen LogP contribution in [0.3, 0.4) is 0 Å². The first-order chi connectivity index (χ1) is 3.35. The van der Waals surface area contributed by atoms with Gasteiger partial charge in [0.1, 0.15) is 0 Å². The Morgan fingerprint density at radius 3 is 2.43 bits per heavy atom. The topological polar surface area (TPSA) is 23.8 Å². The fraction of sp³-hybridized carbons (Fsp3) is 0. The van der Waals surface area contributed by atoms with Crippen molar-refractivity contribution in [3.63, 3.8) is 0 Å². The summed E-state index contributed by atoms with van der Waals surface area (Å²) in [6, 6.07) is 1.90. The van der Waals surface area contributed by atoms with Crippen LogP contribution in [0, 0.1) is 11.3 Å². The third-order valence-corrected chi connectivity index (χ3v) is 0.960. The highest BCUT2D eigenvalue weighted by Crippen LogP contribution is 1.95. The fourth-order valence-electron chi connectivity index (χ4n) is 0.115. The van der Waals surface area contributed by atoms with E-state index in [1.54, 1.807) is 0 Å². The summed E-state index contributed by atoms with van der Waals surface area (Å²) in [6.45, 7) is 3.38. The Kier molecular flexibility index (Phi) is 3.35. The Morgan fingerprint density at radius 1 is 1.86 bits per heavy atom. The molecule has 0 amide bonds. The minimum absolute atomic E-state index is 0.542. The van der Waals surface area contributed by atoms with Gasteiger partial charge in [-0.15, -0.1) is 0 Å². The van der Waals surface area contributed by atoms with Gasteiger partial charge in [0.15, 0.2) is 0 Å². The van der Waals surface area contributed by atoms with Crippen molar-refractivity contribution in [1.82, 2.24) is 0 Å². The van der Waals surface area contributed by atoms with E-state index >= 15 is 0 Å². The molecular formula is C5H4BrN. The van der Waals surface area contributed by atoms with Crippen molar-refractivity contribution in [2.24, 2.45) is 0 Å². The molecule has 2 heteroatoms. The van der Waals surface area contributed by atoms with E-state index in [2.05, 4.69) is 22.5 Å². The molecule has 0 saturated carbocycles. The largest absolute Gasteiger partial charge is 0.192 e. The van der Waals surface area contributed by atoms with Gasteiger partial charge in [-0.25, -0.2) is 0 Å². The van der Waals surface area contributed by atoms with Crippen LogP contribution in [0.5, 0.6) is 0 Å². The molecule has 0 aliphatic heterocycles. The predicted molar refractivity (Wildman–Crippen MR) is 32.8 cm³/mol. The van der Waals surface area contributed by atoms with Crippen molar-refractivity contribution in [1.29, 1.82) is 5.26 Å². The first-order valence-electron chi connectivity index (χ1n) is 1.68. The molecule has 1 nitrogen and oxygen atoms in total. The summed E-state index contributed by atoms with van der Waals surface area (Å²) < 4.78 is 0. The molecule has 7 heavy (non-hydrogen) atoms. The summed E-state index contributed by atoms with van der Waals surface area (Å²) in [5.74, 6) is 0. The maximum absolute atomic E-state index is 8.11. The molecule has 0 heterocycles. The highest BCUT2D eigenvalue weighted by atomic mass is 79.9. The van der Waals surface area contributed by atoms with Gasteiger partial charge in [-0.2, -0.15) is 5.26 Å². The van der Waals surface area contributed by atoms with Crippen molar-refractivity contribution in [3.8, 4) is 6.07 Å². The van der Waals surface area contributed by atoms with Gasteiger partial charge >= 0.3 is 0 Å². The molecule has 0 aromatic rings. The standard InChI is InChI=1S/C5H4BrN/c1-2-5(3-6)4-7/h2-3H,1H2/b5-3-. The highest BCUT2D eigenvalue weighted by Gasteiger charge is 1.78. The van der Waals surface area contributed by atoms with Crippen LogP contribution in [0.1, 0.15) is 0 Å². The Balaban J connectivity index is 3.94. The number of hydrogen-bond donors (Lipinski definition) is 0. The van der Waals surface area contributed by atoms with Gasteiger partial charge in [0.05, 0.1) is 11.6 Å². The van der Waals surface area contributed by atoms with Gasteiger partial charge in [0, 0.05) is 0 Å². The van der Waals surface area contributed by atoms with Crippen molar-refractivity contribution < 1.29 is 0 Å². The molecule has 0 aromatic heterocycles. The molecule has 0 aromatic carbocycles. The average Bonchev–Trinajstić information content (AvgIpc) is 1.72. The van der Waals surface area contributed by atoms with E-state index in [0.717, 1.165) is 0 Å². The number of nitriles is 1. The molecule has 0 aliphatic carbocycles. The molecule has 0 rings (SSSR count). The molecule has 0 aliphatic rings. The Hall–Kier alpha value is -0.550. The molecule has 0 radical (unpaired) electrons. The predicted octanol–water partition coefficient (Wildman–Crippen LogP) is 1.97. The third-order valence-electron chi connectivity index (χ3n) is 0.467. The minimum atomic E-state index is 0.542. The molecule has 0 atom stereocenters. The molecule has 0 bridgehead atoms. The zero-order chi connectivity index (χ0) is 5.70. The van der Waals surface area contributed by atoms with Crippen molar-refractivity contribution in [2.45, 2.75) is 0 Å². The van der Waals surface area contributed by atoms with E-state index < -0.39 is 0 Å². The van der Waals surface area contributed by atoms with E-state index in [1.807, 2.05) is 6.07 Å². The van der Waals surface area contributed by atoms with E-state index in [1.165, 1.54) is 11.1 Å². The van der Waals surface area contributed by atoms with Gasteiger partial charge < -0.3 is 0 Å². The second kappa shape index (κ2) is 3.63. The molecule has 0 unspecified atom stereocenters. The van der Waals surface area contributed by atoms with Crippen molar-refractivity contribution in [2.75, 3.05) is 0 Å². The van der Waals surface area contributed by atoms with Gasteiger partial charge in [-0.1, -0.05) is 28.6 Å². The first kappa shape index (κ1) is 6.45. The second-order valence-electron chi connectivity index (χ2n) is 0.880. The van der Waals surface area contributed by atoms with E-state index in [4.69, 9.17) is 5.26 Å². The zero-order valence-electron chi connectivity index (χ0n) is 3.69. The number of halogens is 1. The molecule has 36 valence electrons. The van der Waals surface area contributed by atoms with Gasteiger partial charge in [0.2, 0.25) is 0 Å². The third kappa shape index (κ3) is 2.18. The Morgan fingerprint density at radius 2 is 2.43 bits per heavy atom. The van der Waals surface area contributed by atoms with Crippen LogP contribution in [0.15, 0.2) is 23.2 Å². The monoisotopic (exact) mass is 157 g/mol. The first-order valence-corrected chi connectivity index (χ1v) is 2.59. The SMILES string of the molecule is C=C/C(C#N)=C/Br. The second-order valence-corrected chi connectivity index (χ2v) is 1.34. The molecule has 0 fully saturated rings. The lowest BCUT2D eigenvalue weighted by atomic mass is 10.3. The van der Waals surface area contributed by atoms with Crippen LogP contribution in [0.25, 0.3) is 0 Å². The summed E-state index contributed by atoms with van der Waals surface area (Å²) in [4.78, 5) is 1.53. The fourth-order valence-corrected chi connectivity index (χ4v) is 0.404. The number of rotatable bonds is 1. The number of nitrogens with zero attached hydrogens (tertiary/aromatic N) is 1. The molecular weight excluding hydrogens is 154 g/mol. The smallest absolute Gasteiger partial charge is 0.0996 e. The summed E-state index contributed by atoms with van der Waals surface area (Å²) in [7, 11) is 0. The van der Waals surface area contributed by atoms with Crippen molar-refractivity contribution >= 4 is 15.9 Å². The summed E-state index contributed by atoms with van der Waals surface area (Å²) in [6.07, 6.45) is 1.48. The normalized spacial score (nSPS) is 10.0. The lowest BCUT2D eigenvalue weighted by molar-refractivity contribution is 1.51. The van der Waals surface area contributed by atoms with Crippen LogP contribution in [0.4, 0.5) is 0 Å². The van der Waals surface area contributed by atoms with Crippen LogP contribution in [-0.4, -0.2) is 0 Å². The quantitative estimate of drug-likeness (QED) is 0.422. The summed E-state index contributed by atoms with van der Waals surface area (Å²) >= 11 is 2.98. The number of hydrogen-bond acceptors (Lipinski definition) is 1. The average molecular weight is 158 g/mol. The zero-order valence-corrected chi connectivity index (χ0v) is 5.27. The van der Waals surface area contributed by atoms with Crippen LogP contribution in [0.2, 0.25) is 0 Å².